The summed E-state index contributed by atoms with van der Waals surface area (Å²) in [6.45, 7) is 5.02. The lowest BCUT2D eigenvalue weighted by Gasteiger charge is -2.06. The first-order valence-electron chi connectivity index (χ1n) is 6.44. The standard InChI is InChI=1S/C14H17N5O/c1-3-16-13-9-15-8-12(19-13)14(20)18-7-11-5-4-10(2)17-6-11/h4-6,8-9H,3,7H2,1-2H3,(H,16,19)(H,18,20). The number of aryl methyl sites for hydroxylation is 1. The van der Waals surface area contributed by atoms with E-state index in [0.717, 1.165) is 17.8 Å². The number of hydrogen-bond donors (Lipinski definition) is 2. The lowest BCUT2D eigenvalue weighted by atomic mass is 10.2. The molecule has 2 N–H and O–H groups in total. The van der Waals surface area contributed by atoms with Crippen LogP contribution < -0.4 is 10.6 Å². The molecule has 2 rings (SSSR count). The molecule has 6 nitrogen and oxygen atoms in total. The molecule has 0 radical (unpaired) electrons. The average Bonchev–Trinajstić information content (AvgIpc) is 2.47. The zero-order valence-corrected chi connectivity index (χ0v) is 11.6. The highest BCUT2D eigenvalue weighted by Gasteiger charge is 2.08. The van der Waals surface area contributed by atoms with Crippen molar-refractivity contribution in [2.24, 2.45) is 0 Å². The summed E-state index contributed by atoms with van der Waals surface area (Å²) in [4.78, 5) is 24.3. The van der Waals surface area contributed by atoms with E-state index in [1.807, 2.05) is 26.0 Å². The van der Waals surface area contributed by atoms with Crippen molar-refractivity contribution in [3.63, 3.8) is 0 Å². The summed E-state index contributed by atoms with van der Waals surface area (Å²) in [7, 11) is 0. The van der Waals surface area contributed by atoms with E-state index in [9.17, 15) is 4.79 Å². The smallest absolute Gasteiger partial charge is 0.271 e. The van der Waals surface area contributed by atoms with Crippen LogP contribution in [0.2, 0.25) is 0 Å². The number of nitrogens with zero attached hydrogens (tertiary/aromatic N) is 3. The summed E-state index contributed by atoms with van der Waals surface area (Å²) in [6, 6.07) is 3.84. The maximum Gasteiger partial charge on any atom is 0.271 e. The fraction of sp³-hybridized carbons (Fsp3) is 0.286. The van der Waals surface area contributed by atoms with Crippen molar-refractivity contribution < 1.29 is 4.79 Å². The molecule has 0 fully saturated rings. The highest BCUT2D eigenvalue weighted by molar-refractivity contribution is 5.92. The van der Waals surface area contributed by atoms with Gasteiger partial charge in [0.15, 0.2) is 0 Å². The first-order valence-corrected chi connectivity index (χ1v) is 6.44. The van der Waals surface area contributed by atoms with Crippen LogP contribution in [0.5, 0.6) is 0 Å². The second kappa shape index (κ2) is 6.60. The van der Waals surface area contributed by atoms with Crippen LogP contribution in [0, 0.1) is 6.92 Å². The Morgan fingerprint density at radius 3 is 2.80 bits per heavy atom. The lowest BCUT2D eigenvalue weighted by molar-refractivity contribution is 0.0945. The van der Waals surface area contributed by atoms with Crippen molar-refractivity contribution >= 4 is 11.7 Å². The largest absolute Gasteiger partial charge is 0.369 e. The Balaban J connectivity index is 1.97. The molecule has 20 heavy (non-hydrogen) atoms. The van der Waals surface area contributed by atoms with Crippen LogP contribution in [-0.4, -0.2) is 27.4 Å². The minimum absolute atomic E-state index is 0.252. The van der Waals surface area contributed by atoms with E-state index < -0.39 is 0 Å². The van der Waals surface area contributed by atoms with Crippen molar-refractivity contribution in [3.05, 3.63) is 47.7 Å². The van der Waals surface area contributed by atoms with Crippen LogP contribution >= 0.6 is 0 Å². The van der Waals surface area contributed by atoms with Gasteiger partial charge in [-0.15, -0.1) is 0 Å². The van der Waals surface area contributed by atoms with Crippen molar-refractivity contribution in [2.75, 3.05) is 11.9 Å². The molecular weight excluding hydrogens is 254 g/mol. The lowest BCUT2D eigenvalue weighted by Crippen LogP contribution is -2.24. The van der Waals surface area contributed by atoms with Crippen LogP contribution in [0.25, 0.3) is 0 Å². The Bertz CT molecular complexity index is 582. The van der Waals surface area contributed by atoms with Gasteiger partial charge in [-0.25, -0.2) is 4.98 Å². The molecule has 2 aromatic heterocycles. The number of carbonyl (C=O) groups is 1. The average molecular weight is 271 g/mol. The van der Waals surface area contributed by atoms with Crippen molar-refractivity contribution in [1.82, 2.24) is 20.3 Å². The van der Waals surface area contributed by atoms with Crippen LogP contribution in [0.15, 0.2) is 30.7 Å². The van der Waals surface area contributed by atoms with Gasteiger partial charge in [0.05, 0.1) is 12.4 Å². The second-order valence-electron chi connectivity index (χ2n) is 4.31. The first-order chi connectivity index (χ1) is 9.69. The quantitative estimate of drug-likeness (QED) is 0.862. The van der Waals surface area contributed by atoms with Crippen LogP contribution in [0.4, 0.5) is 5.82 Å². The molecule has 0 saturated heterocycles. The van der Waals surface area contributed by atoms with Gasteiger partial charge >= 0.3 is 0 Å². The molecule has 104 valence electrons. The Kier molecular flexibility index (Phi) is 4.60. The van der Waals surface area contributed by atoms with E-state index in [4.69, 9.17) is 0 Å². The minimum Gasteiger partial charge on any atom is -0.369 e. The molecular formula is C14H17N5O. The summed E-state index contributed by atoms with van der Waals surface area (Å²) in [5.74, 6) is 0.343. The van der Waals surface area contributed by atoms with Gasteiger partial charge in [-0.1, -0.05) is 6.07 Å². The van der Waals surface area contributed by atoms with Gasteiger partial charge in [0.1, 0.15) is 11.5 Å². The molecule has 2 aromatic rings. The second-order valence-corrected chi connectivity index (χ2v) is 4.31. The monoisotopic (exact) mass is 271 g/mol. The predicted octanol–water partition coefficient (Wildman–Crippen LogP) is 1.54. The van der Waals surface area contributed by atoms with Gasteiger partial charge in [0.2, 0.25) is 0 Å². The maximum atomic E-state index is 12.0. The summed E-state index contributed by atoms with van der Waals surface area (Å²) < 4.78 is 0. The number of amides is 1. The Hall–Kier alpha value is -2.50. The van der Waals surface area contributed by atoms with Gasteiger partial charge in [0, 0.05) is 25.0 Å². The Labute approximate surface area is 117 Å². The van der Waals surface area contributed by atoms with Crippen molar-refractivity contribution in [1.29, 1.82) is 0 Å². The van der Waals surface area contributed by atoms with Gasteiger partial charge < -0.3 is 10.6 Å². The fourth-order valence-electron chi connectivity index (χ4n) is 1.62. The van der Waals surface area contributed by atoms with E-state index in [1.165, 1.54) is 6.20 Å². The van der Waals surface area contributed by atoms with Crippen molar-refractivity contribution in [3.8, 4) is 0 Å². The summed E-state index contributed by atoms with van der Waals surface area (Å²) >= 11 is 0. The number of nitrogens with one attached hydrogen (secondary N) is 2. The third-order valence-corrected chi connectivity index (χ3v) is 2.65. The third-order valence-electron chi connectivity index (χ3n) is 2.65. The topological polar surface area (TPSA) is 79.8 Å². The number of aromatic nitrogens is 3. The predicted molar refractivity (Wildman–Crippen MR) is 76.3 cm³/mol. The van der Waals surface area contributed by atoms with Crippen LogP contribution in [0.3, 0.4) is 0 Å². The van der Waals surface area contributed by atoms with Gasteiger partial charge in [0.25, 0.3) is 5.91 Å². The molecule has 0 aromatic carbocycles. The minimum atomic E-state index is -0.252. The van der Waals surface area contributed by atoms with E-state index in [-0.39, 0.29) is 5.91 Å². The number of carbonyl (C=O) groups excluding carboxylic acids is 1. The van der Waals surface area contributed by atoms with Gasteiger partial charge in [-0.05, 0) is 25.5 Å². The molecule has 0 atom stereocenters. The highest BCUT2D eigenvalue weighted by Crippen LogP contribution is 2.03. The number of anilines is 1. The van der Waals surface area contributed by atoms with Crippen LogP contribution in [0.1, 0.15) is 28.7 Å². The maximum absolute atomic E-state index is 12.0. The van der Waals surface area contributed by atoms with E-state index in [0.29, 0.717) is 18.1 Å². The zero-order chi connectivity index (χ0) is 14.4. The van der Waals surface area contributed by atoms with E-state index in [2.05, 4.69) is 25.6 Å². The SMILES string of the molecule is CCNc1cncc(C(=O)NCc2ccc(C)nc2)n1. The third kappa shape index (κ3) is 3.74. The Morgan fingerprint density at radius 1 is 1.25 bits per heavy atom. The number of hydrogen-bond acceptors (Lipinski definition) is 5. The zero-order valence-electron chi connectivity index (χ0n) is 11.6. The molecule has 0 saturated carbocycles. The summed E-state index contributed by atoms with van der Waals surface area (Å²) in [5, 5.41) is 5.81. The van der Waals surface area contributed by atoms with E-state index >= 15 is 0 Å². The highest BCUT2D eigenvalue weighted by atomic mass is 16.1. The van der Waals surface area contributed by atoms with Gasteiger partial charge in [-0.2, -0.15) is 0 Å². The van der Waals surface area contributed by atoms with E-state index in [1.54, 1.807) is 12.4 Å². The normalized spacial score (nSPS) is 10.1. The summed E-state index contributed by atoms with van der Waals surface area (Å²) in [6.07, 6.45) is 4.78. The van der Waals surface area contributed by atoms with Crippen molar-refractivity contribution in [2.45, 2.75) is 20.4 Å². The molecule has 0 aliphatic carbocycles. The molecule has 0 unspecified atom stereocenters. The molecule has 6 heteroatoms. The molecule has 0 aliphatic rings. The number of rotatable bonds is 5. The molecule has 0 spiro atoms. The first kappa shape index (κ1) is 13.9. The number of pyridine rings is 1. The fourth-order valence-corrected chi connectivity index (χ4v) is 1.62. The van der Waals surface area contributed by atoms with Crippen LogP contribution in [-0.2, 0) is 6.54 Å². The van der Waals surface area contributed by atoms with Gasteiger partial charge in [-0.3, -0.25) is 14.8 Å². The summed E-state index contributed by atoms with van der Waals surface area (Å²) in [5.41, 5.74) is 2.19. The Morgan fingerprint density at radius 2 is 2.10 bits per heavy atom. The molecule has 0 bridgehead atoms. The molecule has 2 heterocycles. The molecule has 1 amide bonds. The molecule has 0 aliphatic heterocycles.